The summed E-state index contributed by atoms with van der Waals surface area (Å²) in [6.45, 7) is 6.81. The van der Waals surface area contributed by atoms with Crippen LogP contribution in [0, 0.1) is 0 Å². The molecule has 0 aliphatic carbocycles. The van der Waals surface area contributed by atoms with Gasteiger partial charge in [0.05, 0.1) is 7.11 Å². The summed E-state index contributed by atoms with van der Waals surface area (Å²) in [5, 5.41) is 3.31. The average Bonchev–Trinajstić information content (AvgIpc) is 2.18. The normalized spacial score (nSPS) is 9.57. The Kier molecular flexibility index (Phi) is 4.05. The number of benzene rings is 1. The quantitative estimate of drug-likeness (QED) is 0.722. The zero-order chi connectivity index (χ0) is 10.4. The molecule has 0 aliphatic rings. The maximum atomic E-state index is 5.12. The van der Waals surface area contributed by atoms with Crippen LogP contribution in [0.4, 0.5) is 5.69 Å². The third-order valence-corrected chi connectivity index (χ3v) is 1.95. The molecule has 0 radical (unpaired) electrons. The Morgan fingerprint density at radius 2 is 2.29 bits per heavy atom. The van der Waals surface area contributed by atoms with Crippen LogP contribution in [0.25, 0.3) is 0 Å². The standard InChI is InChI=1S/C12H17NO/c1-10(2)7-8-13-11-5-4-6-12(9-11)14-3/h4-6,9,13H,1,7-8H2,2-3H3. The number of anilines is 1. The highest BCUT2D eigenvalue weighted by Gasteiger charge is 1.94. The van der Waals surface area contributed by atoms with Crippen molar-refractivity contribution in [2.75, 3.05) is 19.0 Å². The van der Waals surface area contributed by atoms with E-state index in [1.807, 2.05) is 31.2 Å². The Labute approximate surface area is 85.6 Å². The number of hydrogen-bond acceptors (Lipinski definition) is 2. The van der Waals surface area contributed by atoms with Crippen LogP contribution in [0.15, 0.2) is 36.4 Å². The van der Waals surface area contributed by atoms with Crippen molar-refractivity contribution in [3.8, 4) is 5.75 Å². The topological polar surface area (TPSA) is 21.3 Å². The van der Waals surface area contributed by atoms with Gasteiger partial charge in [-0.15, -0.1) is 6.58 Å². The molecule has 0 heterocycles. The largest absolute Gasteiger partial charge is 0.497 e. The zero-order valence-corrected chi connectivity index (χ0v) is 8.84. The molecule has 0 unspecified atom stereocenters. The molecule has 0 spiro atoms. The number of hydrogen-bond donors (Lipinski definition) is 1. The summed E-state index contributed by atoms with van der Waals surface area (Å²) in [6, 6.07) is 7.92. The Balaban J connectivity index is 2.46. The van der Waals surface area contributed by atoms with Crippen LogP contribution in [0.1, 0.15) is 13.3 Å². The van der Waals surface area contributed by atoms with Crippen molar-refractivity contribution in [2.24, 2.45) is 0 Å². The molecule has 0 bridgehead atoms. The number of ether oxygens (including phenoxy) is 1. The van der Waals surface area contributed by atoms with Crippen LogP contribution < -0.4 is 10.1 Å². The molecule has 1 aromatic carbocycles. The van der Waals surface area contributed by atoms with E-state index in [0.717, 1.165) is 24.4 Å². The fourth-order valence-electron chi connectivity index (χ4n) is 1.15. The minimum Gasteiger partial charge on any atom is -0.497 e. The van der Waals surface area contributed by atoms with Crippen molar-refractivity contribution < 1.29 is 4.74 Å². The third-order valence-electron chi connectivity index (χ3n) is 1.95. The molecule has 1 aromatic rings. The minimum atomic E-state index is 0.880. The van der Waals surface area contributed by atoms with Crippen LogP contribution in [0.3, 0.4) is 0 Å². The third kappa shape index (κ3) is 3.52. The van der Waals surface area contributed by atoms with E-state index in [4.69, 9.17) is 4.74 Å². The first-order valence-electron chi connectivity index (χ1n) is 4.74. The van der Waals surface area contributed by atoms with E-state index < -0.39 is 0 Å². The van der Waals surface area contributed by atoms with E-state index >= 15 is 0 Å². The lowest BCUT2D eigenvalue weighted by molar-refractivity contribution is 0.415. The first-order valence-corrected chi connectivity index (χ1v) is 4.74. The Morgan fingerprint density at radius 1 is 1.50 bits per heavy atom. The minimum absolute atomic E-state index is 0.880. The smallest absolute Gasteiger partial charge is 0.120 e. The fourth-order valence-corrected chi connectivity index (χ4v) is 1.15. The summed E-state index contributed by atoms with van der Waals surface area (Å²) in [4.78, 5) is 0. The van der Waals surface area contributed by atoms with Gasteiger partial charge in [0, 0.05) is 18.3 Å². The van der Waals surface area contributed by atoms with E-state index in [1.54, 1.807) is 7.11 Å². The molecule has 0 saturated heterocycles. The molecule has 14 heavy (non-hydrogen) atoms. The Bertz CT molecular complexity index is 307. The molecule has 1 N–H and O–H groups in total. The number of nitrogens with one attached hydrogen (secondary N) is 1. The summed E-state index contributed by atoms with van der Waals surface area (Å²) >= 11 is 0. The predicted molar refractivity (Wildman–Crippen MR) is 60.9 cm³/mol. The van der Waals surface area contributed by atoms with E-state index in [0.29, 0.717) is 0 Å². The van der Waals surface area contributed by atoms with Gasteiger partial charge < -0.3 is 10.1 Å². The van der Waals surface area contributed by atoms with Gasteiger partial charge >= 0.3 is 0 Å². The molecule has 1 rings (SSSR count). The lowest BCUT2D eigenvalue weighted by atomic mass is 10.2. The predicted octanol–water partition coefficient (Wildman–Crippen LogP) is 3.07. The van der Waals surface area contributed by atoms with E-state index in [-0.39, 0.29) is 0 Å². The zero-order valence-electron chi connectivity index (χ0n) is 8.84. The second-order valence-electron chi connectivity index (χ2n) is 3.37. The van der Waals surface area contributed by atoms with E-state index in [9.17, 15) is 0 Å². The molecule has 2 nitrogen and oxygen atoms in total. The van der Waals surface area contributed by atoms with Gasteiger partial charge in [-0.05, 0) is 25.5 Å². The molecule has 76 valence electrons. The van der Waals surface area contributed by atoms with Crippen molar-refractivity contribution in [3.05, 3.63) is 36.4 Å². The summed E-state index contributed by atoms with van der Waals surface area (Å²) in [5.74, 6) is 0.880. The van der Waals surface area contributed by atoms with Crippen molar-refractivity contribution >= 4 is 5.69 Å². The average molecular weight is 191 g/mol. The molecular formula is C12H17NO. The summed E-state index contributed by atoms with van der Waals surface area (Å²) in [6.07, 6.45) is 0.997. The van der Waals surface area contributed by atoms with Gasteiger partial charge in [0.1, 0.15) is 5.75 Å². The highest BCUT2D eigenvalue weighted by Crippen LogP contribution is 2.16. The van der Waals surface area contributed by atoms with Gasteiger partial charge in [-0.25, -0.2) is 0 Å². The van der Waals surface area contributed by atoms with Crippen molar-refractivity contribution in [1.82, 2.24) is 0 Å². The Hall–Kier alpha value is -1.44. The van der Waals surface area contributed by atoms with Crippen LogP contribution >= 0.6 is 0 Å². The van der Waals surface area contributed by atoms with Gasteiger partial charge in [-0.1, -0.05) is 11.6 Å². The maximum absolute atomic E-state index is 5.12. The summed E-state index contributed by atoms with van der Waals surface area (Å²) in [5.41, 5.74) is 2.28. The lowest BCUT2D eigenvalue weighted by Gasteiger charge is -2.07. The first-order chi connectivity index (χ1) is 6.72. The highest BCUT2D eigenvalue weighted by atomic mass is 16.5. The van der Waals surface area contributed by atoms with Gasteiger partial charge in [-0.2, -0.15) is 0 Å². The summed E-state index contributed by atoms with van der Waals surface area (Å²) in [7, 11) is 1.67. The van der Waals surface area contributed by atoms with Gasteiger partial charge in [0.2, 0.25) is 0 Å². The van der Waals surface area contributed by atoms with Crippen molar-refractivity contribution in [2.45, 2.75) is 13.3 Å². The van der Waals surface area contributed by atoms with Gasteiger partial charge in [-0.3, -0.25) is 0 Å². The molecule has 2 heteroatoms. The second kappa shape index (κ2) is 5.32. The van der Waals surface area contributed by atoms with E-state index in [2.05, 4.69) is 11.9 Å². The monoisotopic (exact) mass is 191 g/mol. The number of methoxy groups -OCH3 is 1. The molecule has 0 saturated carbocycles. The van der Waals surface area contributed by atoms with Gasteiger partial charge in [0.25, 0.3) is 0 Å². The molecule has 0 amide bonds. The number of rotatable bonds is 5. The lowest BCUT2D eigenvalue weighted by Crippen LogP contribution is -2.01. The van der Waals surface area contributed by atoms with Crippen LogP contribution in [-0.4, -0.2) is 13.7 Å². The maximum Gasteiger partial charge on any atom is 0.120 e. The molecule has 0 aromatic heterocycles. The molecule has 0 aliphatic heterocycles. The Morgan fingerprint density at radius 3 is 2.93 bits per heavy atom. The molecular weight excluding hydrogens is 174 g/mol. The molecule has 0 atom stereocenters. The SMILES string of the molecule is C=C(C)CCNc1cccc(OC)c1. The molecule has 0 fully saturated rings. The first kappa shape index (κ1) is 10.6. The second-order valence-corrected chi connectivity index (χ2v) is 3.37. The fraction of sp³-hybridized carbons (Fsp3) is 0.333. The van der Waals surface area contributed by atoms with Crippen molar-refractivity contribution in [1.29, 1.82) is 0 Å². The van der Waals surface area contributed by atoms with Crippen LogP contribution in [0.5, 0.6) is 5.75 Å². The van der Waals surface area contributed by atoms with E-state index in [1.165, 1.54) is 5.57 Å². The summed E-state index contributed by atoms with van der Waals surface area (Å²) < 4.78 is 5.12. The van der Waals surface area contributed by atoms with Crippen LogP contribution in [0.2, 0.25) is 0 Å². The van der Waals surface area contributed by atoms with Crippen molar-refractivity contribution in [3.63, 3.8) is 0 Å². The van der Waals surface area contributed by atoms with Crippen LogP contribution in [-0.2, 0) is 0 Å². The van der Waals surface area contributed by atoms with Gasteiger partial charge in [0.15, 0.2) is 0 Å². The highest BCUT2D eigenvalue weighted by molar-refractivity contribution is 5.48.